The molecule has 15 heavy (non-hydrogen) atoms. The Morgan fingerprint density at radius 1 is 1.33 bits per heavy atom. The van der Waals surface area contributed by atoms with Crippen LogP contribution in [0, 0.1) is 0 Å². The fraction of sp³-hybridized carbons (Fsp3) is 0.111. The van der Waals surface area contributed by atoms with E-state index in [4.69, 9.17) is 5.73 Å². The van der Waals surface area contributed by atoms with E-state index < -0.39 is 0 Å². The normalized spacial score (nSPS) is 8.53. The summed E-state index contributed by atoms with van der Waals surface area (Å²) < 4.78 is 0.410. The predicted octanol–water partition coefficient (Wildman–Crippen LogP) is 0.00720. The summed E-state index contributed by atoms with van der Waals surface area (Å²) in [6, 6.07) is 9.25. The molecule has 0 unspecified atom stereocenters. The summed E-state index contributed by atoms with van der Waals surface area (Å²) >= 11 is 2.56. The van der Waals surface area contributed by atoms with E-state index >= 15 is 0 Å². The summed E-state index contributed by atoms with van der Waals surface area (Å²) in [5.74, 6) is -0.130. The van der Waals surface area contributed by atoms with Gasteiger partial charge in [0.25, 0.3) is 0 Å². The van der Waals surface area contributed by atoms with Crippen molar-refractivity contribution in [1.82, 2.24) is 5.32 Å². The Hall–Kier alpha value is -0.841. The molecule has 4 nitrogen and oxygen atoms in total. The quantitative estimate of drug-likeness (QED) is 0.678. The molecule has 0 aliphatic carbocycles. The fourth-order valence-corrected chi connectivity index (χ4v) is 1.05. The zero-order valence-electron chi connectivity index (χ0n) is 7.90. The van der Waals surface area contributed by atoms with E-state index in [0.29, 0.717) is 4.67 Å². The van der Waals surface area contributed by atoms with Crippen molar-refractivity contribution < 1.29 is 4.79 Å². The van der Waals surface area contributed by atoms with Gasteiger partial charge in [0.2, 0.25) is 0 Å². The van der Waals surface area contributed by atoms with Crippen molar-refractivity contribution in [3.05, 3.63) is 30.3 Å². The molecule has 1 aromatic carbocycles. The van der Waals surface area contributed by atoms with Crippen LogP contribution in [0.15, 0.2) is 30.3 Å². The summed E-state index contributed by atoms with van der Waals surface area (Å²) in [4.78, 5) is 11.3. The number of hydrogen-bond acceptors (Lipinski definition) is 3. The number of halogens is 1. The molecule has 0 aliphatic rings. The molecule has 0 aliphatic heterocycles. The van der Waals surface area contributed by atoms with Crippen molar-refractivity contribution in [2.45, 2.75) is 0 Å². The van der Waals surface area contributed by atoms with Gasteiger partial charge < -0.3 is 0 Å². The van der Waals surface area contributed by atoms with Crippen LogP contribution in [0.4, 0.5) is 5.69 Å². The summed E-state index contributed by atoms with van der Waals surface area (Å²) in [5.41, 5.74) is 6.08. The molecule has 0 saturated carbocycles. The van der Waals surface area contributed by atoms with Gasteiger partial charge in [0.1, 0.15) is 0 Å². The van der Waals surface area contributed by atoms with Crippen LogP contribution >= 0.6 is 17.0 Å². The van der Waals surface area contributed by atoms with Crippen LogP contribution in [-0.4, -0.2) is 32.7 Å². The number of nitrogens with two attached hydrogens (primary N) is 1. The van der Waals surface area contributed by atoms with Crippen molar-refractivity contribution in [3.63, 3.8) is 0 Å². The molecule has 0 fully saturated rings. The van der Waals surface area contributed by atoms with Gasteiger partial charge in [-0.2, -0.15) is 0 Å². The summed E-state index contributed by atoms with van der Waals surface area (Å²) in [6.07, 6.45) is 0. The van der Waals surface area contributed by atoms with E-state index in [9.17, 15) is 4.79 Å². The number of anilines is 1. The van der Waals surface area contributed by atoms with Crippen molar-refractivity contribution in [1.29, 1.82) is 0 Å². The van der Waals surface area contributed by atoms with Crippen LogP contribution < -0.4 is 16.4 Å². The molecule has 0 saturated heterocycles. The monoisotopic (exact) mass is 337 g/mol. The van der Waals surface area contributed by atoms with Crippen LogP contribution in [0.25, 0.3) is 0 Å². The van der Waals surface area contributed by atoms with Gasteiger partial charge in [0.05, 0.1) is 0 Å². The Kier molecular flexibility index (Phi) is 7.03. The van der Waals surface area contributed by atoms with Crippen LogP contribution in [-0.2, 0) is 4.79 Å². The van der Waals surface area contributed by atoms with Crippen LogP contribution in [0.1, 0.15) is 0 Å². The van der Waals surface area contributed by atoms with Crippen LogP contribution in [0.3, 0.4) is 0 Å². The molecule has 0 bridgehead atoms. The third-order valence-corrected chi connectivity index (χ3v) is 1.78. The Morgan fingerprint density at radius 2 is 1.93 bits per heavy atom. The zero-order valence-corrected chi connectivity index (χ0v) is 11.3. The SMILES string of the molecule is Br.NC(=[Se])NCC(=O)Nc1ccccc1. The molecule has 4 N–H and O–H groups in total. The van der Waals surface area contributed by atoms with E-state index in [1.807, 2.05) is 30.3 Å². The first-order chi connectivity index (χ1) is 6.68. The minimum absolute atomic E-state index is 0. The van der Waals surface area contributed by atoms with Crippen molar-refractivity contribution >= 4 is 48.8 Å². The average Bonchev–Trinajstić information content (AvgIpc) is 2.16. The van der Waals surface area contributed by atoms with Gasteiger partial charge in [-0.25, -0.2) is 0 Å². The maximum absolute atomic E-state index is 11.3. The Morgan fingerprint density at radius 3 is 2.47 bits per heavy atom. The number of rotatable bonds is 4. The Balaban J connectivity index is 0.00000196. The van der Waals surface area contributed by atoms with Crippen LogP contribution in [0.5, 0.6) is 0 Å². The Bertz CT molecular complexity index is 331. The first-order valence-corrected chi connectivity index (χ1v) is 4.92. The second-order valence-corrected chi connectivity index (χ2v) is 3.55. The van der Waals surface area contributed by atoms with E-state index in [2.05, 4.69) is 26.2 Å². The number of carbonyl (C=O) groups excluding carboxylic acids is 1. The van der Waals surface area contributed by atoms with E-state index in [1.165, 1.54) is 0 Å². The van der Waals surface area contributed by atoms with Gasteiger partial charge in [-0.05, 0) is 0 Å². The van der Waals surface area contributed by atoms with Gasteiger partial charge in [-0.1, -0.05) is 0 Å². The zero-order chi connectivity index (χ0) is 10.4. The predicted molar refractivity (Wildman–Crippen MR) is 68.3 cm³/mol. The topological polar surface area (TPSA) is 67.1 Å². The summed E-state index contributed by atoms with van der Waals surface area (Å²) in [6.45, 7) is 0.160. The molecule has 0 aromatic heterocycles. The molecule has 82 valence electrons. The van der Waals surface area contributed by atoms with Gasteiger partial charge >= 0.3 is 89.9 Å². The number of carbonyl (C=O) groups is 1. The van der Waals surface area contributed by atoms with Crippen molar-refractivity contribution in [2.24, 2.45) is 5.73 Å². The second kappa shape index (κ2) is 7.45. The van der Waals surface area contributed by atoms with E-state index in [-0.39, 0.29) is 29.4 Å². The first kappa shape index (κ1) is 14.2. The molecule has 1 rings (SSSR count). The molecule has 1 aromatic rings. The first-order valence-electron chi connectivity index (χ1n) is 4.06. The standard InChI is InChI=1S/C9H11N3OSe.BrH/c10-9(14)11-6-8(13)12-7-4-2-1-3-5-7;/h1-5H,6H2,(H,12,13)(H3,10,11,14);1H. The second-order valence-electron chi connectivity index (χ2n) is 2.63. The van der Waals surface area contributed by atoms with Gasteiger partial charge in [-0.15, -0.1) is 17.0 Å². The van der Waals surface area contributed by atoms with Gasteiger partial charge in [0.15, 0.2) is 0 Å². The van der Waals surface area contributed by atoms with E-state index in [0.717, 1.165) is 5.69 Å². The average molecular weight is 337 g/mol. The fourth-order valence-electron chi connectivity index (χ4n) is 0.894. The molecule has 0 heterocycles. The molecular formula is C9H12BrN3OSe. The van der Waals surface area contributed by atoms with Crippen LogP contribution in [0.2, 0.25) is 0 Å². The van der Waals surface area contributed by atoms with Gasteiger partial charge in [0, 0.05) is 0 Å². The Labute approximate surface area is 107 Å². The number of hydrogen-bond donors (Lipinski definition) is 3. The minimum atomic E-state index is -0.130. The molecule has 0 radical (unpaired) electrons. The number of benzene rings is 1. The third kappa shape index (κ3) is 6.28. The van der Waals surface area contributed by atoms with Gasteiger partial charge in [-0.3, -0.25) is 0 Å². The summed E-state index contributed by atoms with van der Waals surface area (Å²) in [7, 11) is 0. The summed E-state index contributed by atoms with van der Waals surface area (Å²) in [5, 5.41) is 5.41. The molecule has 1 amide bonds. The number of amides is 1. The molecular weight excluding hydrogens is 325 g/mol. The molecule has 6 heteroatoms. The van der Waals surface area contributed by atoms with Crippen molar-refractivity contribution in [3.8, 4) is 0 Å². The molecule has 0 atom stereocenters. The number of nitrogens with one attached hydrogen (secondary N) is 2. The maximum atomic E-state index is 11.3. The van der Waals surface area contributed by atoms with E-state index in [1.54, 1.807) is 0 Å². The third-order valence-electron chi connectivity index (χ3n) is 1.48. The van der Waals surface area contributed by atoms with Crippen molar-refractivity contribution in [2.75, 3.05) is 11.9 Å². The molecule has 0 spiro atoms. The number of para-hydroxylation sites is 1.